The summed E-state index contributed by atoms with van der Waals surface area (Å²) in [5.41, 5.74) is 10.1. The van der Waals surface area contributed by atoms with Gasteiger partial charge in [0.2, 0.25) is 0 Å². The summed E-state index contributed by atoms with van der Waals surface area (Å²) < 4.78 is 0. The zero-order valence-corrected chi connectivity index (χ0v) is 22.3. The molecule has 4 rings (SSSR count). The monoisotopic (exact) mass is 501 g/mol. The van der Waals surface area contributed by atoms with Crippen molar-refractivity contribution in [3.05, 3.63) is 124 Å². The van der Waals surface area contributed by atoms with Crippen LogP contribution in [0.1, 0.15) is 59.9 Å². The minimum absolute atomic E-state index is 0.0352. The number of hydrogen-bond acceptors (Lipinski definition) is 4. The number of anilines is 1. The molecule has 0 radical (unpaired) electrons. The van der Waals surface area contributed by atoms with E-state index in [-0.39, 0.29) is 18.1 Å². The zero-order chi connectivity index (χ0) is 27.4. The molecule has 2 heterocycles. The molecular formula is C33H31N3O2. The maximum absolute atomic E-state index is 13.1. The van der Waals surface area contributed by atoms with E-state index in [9.17, 15) is 9.59 Å². The number of aryl methyl sites for hydroxylation is 2. The average molecular weight is 502 g/mol. The first-order valence-corrected chi connectivity index (χ1v) is 12.4. The lowest BCUT2D eigenvalue weighted by molar-refractivity contribution is 0.0986. The van der Waals surface area contributed by atoms with E-state index in [4.69, 9.17) is 0 Å². The molecule has 0 spiro atoms. The van der Waals surface area contributed by atoms with Crippen molar-refractivity contribution >= 4 is 29.5 Å². The van der Waals surface area contributed by atoms with Gasteiger partial charge in [0.1, 0.15) is 11.4 Å². The van der Waals surface area contributed by atoms with Gasteiger partial charge in [-0.25, -0.2) is 0 Å². The largest absolute Gasteiger partial charge is 0.320 e. The number of carbonyl (C=O) groups is 2. The molecule has 0 aliphatic heterocycles. The molecule has 0 saturated heterocycles. The first kappa shape index (κ1) is 26.4. The second-order valence-corrected chi connectivity index (χ2v) is 9.38. The van der Waals surface area contributed by atoms with Crippen molar-refractivity contribution in [1.82, 2.24) is 9.97 Å². The van der Waals surface area contributed by atoms with Gasteiger partial charge < -0.3 is 5.32 Å². The Kier molecular flexibility index (Phi) is 7.77. The standard InChI is InChI=1S/C33H31N3O2/c1-7-24-18-34-30(15-20(24)3)32(37)17-26-11-9-12-27(22(26)5)28-13-10-14-29(23(28)6)36-33(38)31-16-21(4)25(8-2)19-35-31/h7-16,18-19H,1-2,17H2,3-6H3,(H,36,38). The highest BCUT2D eigenvalue weighted by Crippen LogP contribution is 2.32. The van der Waals surface area contributed by atoms with E-state index in [1.165, 1.54) is 0 Å². The van der Waals surface area contributed by atoms with Crippen molar-refractivity contribution in [3.8, 4) is 11.1 Å². The maximum Gasteiger partial charge on any atom is 0.274 e. The number of rotatable bonds is 8. The van der Waals surface area contributed by atoms with Gasteiger partial charge in [-0.2, -0.15) is 0 Å². The lowest BCUT2D eigenvalue weighted by Gasteiger charge is -2.16. The number of Topliss-reactive ketones (excluding diaryl/α,β-unsaturated/α-hetero) is 1. The molecule has 5 nitrogen and oxygen atoms in total. The Hall–Kier alpha value is -4.64. The molecule has 2 aromatic heterocycles. The average Bonchev–Trinajstić information content (AvgIpc) is 2.91. The van der Waals surface area contributed by atoms with E-state index in [0.717, 1.165) is 50.1 Å². The Labute approximate surface area is 224 Å². The molecule has 0 unspecified atom stereocenters. The molecule has 4 aromatic rings. The predicted octanol–water partition coefficient (Wildman–Crippen LogP) is 7.34. The number of carbonyl (C=O) groups excluding carboxylic acids is 2. The fourth-order valence-corrected chi connectivity index (χ4v) is 4.52. The lowest BCUT2D eigenvalue weighted by Crippen LogP contribution is -2.15. The van der Waals surface area contributed by atoms with Gasteiger partial charge in [0.15, 0.2) is 5.78 Å². The number of benzene rings is 2. The summed E-state index contributed by atoms with van der Waals surface area (Å²) in [6.45, 7) is 15.4. The molecule has 2 aromatic carbocycles. The second kappa shape index (κ2) is 11.2. The summed E-state index contributed by atoms with van der Waals surface area (Å²) >= 11 is 0. The Bertz CT molecular complexity index is 1460. The summed E-state index contributed by atoms with van der Waals surface area (Å²) in [6, 6.07) is 15.4. The highest BCUT2D eigenvalue weighted by molar-refractivity contribution is 6.04. The molecule has 0 bridgehead atoms. The Morgan fingerprint density at radius 1 is 0.789 bits per heavy atom. The fraction of sp³-hybridized carbons (Fsp3) is 0.152. The van der Waals surface area contributed by atoms with E-state index in [1.54, 1.807) is 30.6 Å². The maximum atomic E-state index is 13.1. The number of ketones is 1. The van der Waals surface area contributed by atoms with Crippen molar-refractivity contribution in [2.75, 3.05) is 5.32 Å². The van der Waals surface area contributed by atoms with Crippen LogP contribution < -0.4 is 5.32 Å². The Morgan fingerprint density at radius 2 is 1.34 bits per heavy atom. The van der Waals surface area contributed by atoms with Gasteiger partial charge in [-0.1, -0.05) is 55.6 Å². The normalized spacial score (nSPS) is 10.6. The van der Waals surface area contributed by atoms with Crippen LogP contribution in [0.25, 0.3) is 23.3 Å². The van der Waals surface area contributed by atoms with Crippen molar-refractivity contribution in [2.24, 2.45) is 0 Å². The third-order valence-corrected chi connectivity index (χ3v) is 6.93. The SMILES string of the molecule is C=Cc1cnc(C(=O)Cc2cccc(-c3cccc(NC(=O)c4cc(C)c(C=C)cn4)c3C)c2C)cc1C. The number of aromatic nitrogens is 2. The summed E-state index contributed by atoms with van der Waals surface area (Å²) in [6.07, 6.45) is 7.05. The van der Waals surface area contributed by atoms with Gasteiger partial charge >= 0.3 is 0 Å². The molecule has 5 heteroatoms. The van der Waals surface area contributed by atoms with Crippen LogP contribution in [0.5, 0.6) is 0 Å². The second-order valence-electron chi connectivity index (χ2n) is 9.38. The van der Waals surface area contributed by atoms with Crippen LogP contribution in [0.3, 0.4) is 0 Å². The van der Waals surface area contributed by atoms with Gasteiger partial charge in [-0.3, -0.25) is 19.6 Å². The van der Waals surface area contributed by atoms with Crippen LogP contribution in [0.15, 0.2) is 74.1 Å². The first-order valence-electron chi connectivity index (χ1n) is 12.4. The highest BCUT2D eigenvalue weighted by Gasteiger charge is 2.17. The Balaban J connectivity index is 1.60. The van der Waals surface area contributed by atoms with Gasteiger partial charge in [-0.15, -0.1) is 0 Å². The number of hydrogen-bond donors (Lipinski definition) is 1. The molecule has 1 N–H and O–H groups in total. The summed E-state index contributed by atoms with van der Waals surface area (Å²) in [7, 11) is 0. The molecule has 0 atom stereocenters. The number of amides is 1. The minimum Gasteiger partial charge on any atom is -0.320 e. The van der Waals surface area contributed by atoms with Gasteiger partial charge in [0, 0.05) is 24.5 Å². The first-order chi connectivity index (χ1) is 18.2. The summed E-state index contributed by atoms with van der Waals surface area (Å²) in [5.74, 6) is -0.308. The number of nitrogens with zero attached hydrogens (tertiary/aromatic N) is 2. The highest BCUT2D eigenvalue weighted by atomic mass is 16.2. The van der Waals surface area contributed by atoms with Crippen molar-refractivity contribution in [3.63, 3.8) is 0 Å². The molecule has 0 fully saturated rings. The minimum atomic E-state index is -0.273. The quantitative estimate of drug-likeness (QED) is 0.256. The third kappa shape index (κ3) is 5.37. The zero-order valence-electron chi connectivity index (χ0n) is 22.3. The van der Waals surface area contributed by atoms with Gasteiger partial charge in [-0.05, 0) is 96.0 Å². The molecular weight excluding hydrogens is 470 g/mol. The van der Waals surface area contributed by atoms with Gasteiger partial charge in [0.05, 0.1) is 0 Å². The van der Waals surface area contributed by atoms with Gasteiger partial charge in [0.25, 0.3) is 5.91 Å². The predicted molar refractivity (Wildman–Crippen MR) is 155 cm³/mol. The van der Waals surface area contributed by atoms with Crippen LogP contribution in [0, 0.1) is 27.7 Å². The van der Waals surface area contributed by atoms with Crippen LogP contribution in [-0.4, -0.2) is 21.7 Å². The van der Waals surface area contributed by atoms with E-state index in [1.807, 2.05) is 70.2 Å². The smallest absolute Gasteiger partial charge is 0.274 e. The molecule has 1 amide bonds. The molecule has 38 heavy (non-hydrogen) atoms. The molecule has 0 aliphatic rings. The van der Waals surface area contributed by atoms with Crippen molar-refractivity contribution < 1.29 is 9.59 Å². The van der Waals surface area contributed by atoms with Crippen LogP contribution >= 0.6 is 0 Å². The molecule has 190 valence electrons. The van der Waals surface area contributed by atoms with Crippen LogP contribution in [-0.2, 0) is 6.42 Å². The summed E-state index contributed by atoms with van der Waals surface area (Å²) in [4.78, 5) is 34.6. The number of nitrogens with one attached hydrogen (secondary N) is 1. The number of pyridine rings is 2. The van der Waals surface area contributed by atoms with Crippen molar-refractivity contribution in [2.45, 2.75) is 34.1 Å². The summed E-state index contributed by atoms with van der Waals surface area (Å²) in [5, 5.41) is 3.01. The molecule has 0 saturated carbocycles. The van der Waals surface area contributed by atoms with Crippen LogP contribution in [0.2, 0.25) is 0 Å². The Morgan fingerprint density at radius 3 is 1.95 bits per heavy atom. The van der Waals surface area contributed by atoms with Crippen molar-refractivity contribution in [1.29, 1.82) is 0 Å². The lowest BCUT2D eigenvalue weighted by atomic mass is 9.91. The third-order valence-electron chi connectivity index (χ3n) is 6.93. The van der Waals surface area contributed by atoms with E-state index < -0.39 is 0 Å². The molecule has 0 aliphatic carbocycles. The van der Waals surface area contributed by atoms with Crippen LogP contribution in [0.4, 0.5) is 5.69 Å². The fourth-order valence-electron chi connectivity index (χ4n) is 4.52. The van der Waals surface area contributed by atoms with E-state index in [2.05, 4.69) is 28.4 Å². The topological polar surface area (TPSA) is 72.0 Å². The van der Waals surface area contributed by atoms with E-state index >= 15 is 0 Å². The van der Waals surface area contributed by atoms with E-state index in [0.29, 0.717) is 17.1 Å².